The van der Waals surface area contributed by atoms with Gasteiger partial charge in [-0.1, -0.05) is 30.3 Å². The number of benzene rings is 2. The second-order valence-electron chi connectivity index (χ2n) is 10.4. The zero-order chi connectivity index (χ0) is 25.2. The molecule has 4 bridgehead atoms. The average molecular weight is 529 g/mol. The van der Waals surface area contributed by atoms with Crippen molar-refractivity contribution in [3.8, 4) is 0 Å². The number of anilines is 1. The molecule has 2 aromatic carbocycles. The standard InChI is InChI=1S/C24H27F3N2O4S2/c25-18-19(26)23(34(30,31)7-6-14-4-2-1-3-5-14)21(20(27)22(18)35(28,32)33)29-24-11-15-8-16(12-24)10-17(9-15)13-24/h1-5,15-17,29H,6-13H2,(H2,28,32,33). The van der Waals surface area contributed by atoms with E-state index in [4.69, 9.17) is 5.14 Å². The Kier molecular flexibility index (Phi) is 5.96. The average Bonchev–Trinajstić information content (AvgIpc) is 2.75. The van der Waals surface area contributed by atoms with Crippen LogP contribution in [0.25, 0.3) is 0 Å². The van der Waals surface area contributed by atoms with Gasteiger partial charge in [0.15, 0.2) is 32.2 Å². The number of rotatable bonds is 7. The second kappa shape index (κ2) is 8.48. The van der Waals surface area contributed by atoms with Crippen LogP contribution < -0.4 is 10.5 Å². The summed E-state index contributed by atoms with van der Waals surface area (Å²) in [7, 11) is -9.58. The third-order valence-corrected chi connectivity index (χ3v) is 10.4. The first-order valence-electron chi connectivity index (χ1n) is 11.7. The summed E-state index contributed by atoms with van der Waals surface area (Å²) in [5.41, 5.74) is -0.892. The first-order valence-corrected chi connectivity index (χ1v) is 14.9. The molecule has 3 N–H and O–H groups in total. The van der Waals surface area contributed by atoms with Crippen molar-refractivity contribution in [2.45, 2.75) is 60.3 Å². The molecule has 0 spiro atoms. The number of sulfonamides is 1. The Morgan fingerprint density at radius 3 is 1.86 bits per heavy atom. The lowest BCUT2D eigenvalue weighted by Gasteiger charge is -2.57. The van der Waals surface area contributed by atoms with Crippen LogP contribution in [0.3, 0.4) is 0 Å². The molecule has 0 unspecified atom stereocenters. The van der Waals surface area contributed by atoms with Crippen LogP contribution in [-0.2, 0) is 26.3 Å². The van der Waals surface area contributed by atoms with Crippen molar-refractivity contribution in [3.05, 3.63) is 53.3 Å². The van der Waals surface area contributed by atoms with Gasteiger partial charge in [0.25, 0.3) is 0 Å². The van der Waals surface area contributed by atoms with Crippen LogP contribution in [0.1, 0.15) is 44.1 Å². The Bertz CT molecular complexity index is 1340. The maximum absolute atomic E-state index is 15.7. The fraction of sp³-hybridized carbons (Fsp3) is 0.500. The largest absolute Gasteiger partial charge is 0.376 e. The van der Waals surface area contributed by atoms with E-state index < -0.39 is 64.1 Å². The number of halogens is 3. The van der Waals surface area contributed by atoms with Crippen LogP contribution in [0.4, 0.5) is 18.9 Å². The third-order valence-electron chi connectivity index (χ3n) is 7.76. The van der Waals surface area contributed by atoms with Crippen molar-refractivity contribution in [1.82, 2.24) is 0 Å². The van der Waals surface area contributed by atoms with Crippen molar-refractivity contribution in [3.63, 3.8) is 0 Å². The van der Waals surface area contributed by atoms with Gasteiger partial charge in [0, 0.05) is 5.54 Å². The molecule has 4 saturated carbocycles. The maximum Gasteiger partial charge on any atom is 0.244 e. The van der Waals surface area contributed by atoms with Gasteiger partial charge >= 0.3 is 0 Å². The highest BCUT2D eigenvalue weighted by Gasteiger charge is 2.52. The molecule has 2 aromatic rings. The highest BCUT2D eigenvalue weighted by Crippen LogP contribution is 2.57. The molecular weight excluding hydrogens is 501 g/mol. The van der Waals surface area contributed by atoms with Crippen LogP contribution >= 0.6 is 0 Å². The molecule has 35 heavy (non-hydrogen) atoms. The number of aryl methyl sites for hydroxylation is 1. The summed E-state index contributed by atoms with van der Waals surface area (Å²) in [6, 6.07) is 8.55. The molecule has 0 radical (unpaired) electrons. The van der Waals surface area contributed by atoms with E-state index >= 15 is 8.78 Å². The molecular formula is C24H27F3N2O4S2. The van der Waals surface area contributed by atoms with E-state index in [2.05, 4.69) is 5.32 Å². The van der Waals surface area contributed by atoms with E-state index in [9.17, 15) is 21.2 Å². The van der Waals surface area contributed by atoms with Crippen LogP contribution in [0.5, 0.6) is 0 Å². The summed E-state index contributed by atoms with van der Waals surface area (Å²) in [5, 5.41) is 7.93. The number of nitrogens with two attached hydrogens (primary N) is 1. The fourth-order valence-corrected chi connectivity index (χ4v) is 9.01. The van der Waals surface area contributed by atoms with E-state index in [-0.39, 0.29) is 6.42 Å². The summed E-state index contributed by atoms with van der Waals surface area (Å²) in [5.74, 6) is -5.25. The summed E-state index contributed by atoms with van der Waals surface area (Å²) in [6.07, 6.45) is 4.98. The van der Waals surface area contributed by atoms with Gasteiger partial charge in [0.2, 0.25) is 10.0 Å². The van der Waals surface area contributed by atoms with Gasteiger partial charge in [-0.15, -0.1) is 0 Å². The lowest BCUT2D eigenvalue weighted by molar-refractivity contribution is 0.0104. The van der Waals surface area contributed by atoms with Crippen LogP contribution in [0, 0.1) is 35.2 Å². The molecule has 0 atom stereocenters. The lowest BCUT2D eigenvalue weighted by atomic mass is 9.53. The molecule has 0 aromatic heterocycles. The minimum atomic E-state index is -5.02. The minimum Gasteiger partial charge on any atom is -0.376 e. The number of hydrogen-bond acceptors (Lipinski definition) is 5. The van der Waals surface area contributed by atoms with Gasteiger partial charge in [-0.25, -0.2) is 35.1 Å². The Hall–Kier alpha value is -2.11. The van der Waals surface area contributed by atoms with E-state index in [1.165, 1.54) is 0 Å². The van der Waals surface area contributed by atoms with Crippen LogP contribution in [0.2, 0.25) is 0 Å². The lowest BCUT2D eigenvalue weighted by Crippen LogP contribution is -2.55. The van der Waals surface area contributed by atoms with Gasteiger partial charge in [0.05, 0.1) is 11.4 Å². The third kappa shape index (κ3) is 4.46. The van der Waals surface area contributed by atoms with E-state index in [1.807, 2.05) is 0 Å². The van der Waals surface area contributed by atoms with Crippen molar-refractivity contribution in [2.75, 3.05) is 11.1 Å². The Balaban J connectivity index is 1.62. The number of hydrogen-bond donors (Lipinski definition) is 2. The number of primary sulfonamides is 1. The predicted molar refractivity (Wildman–Crippen MR) is 124 cm³/mol. The highest BCUT2D eigenvalue weighted by molar-refractivity contribution is 7.91. The fourth-order valence-electron chi connectivity index (χ4n) is 6.80. The first kappa shape index (κ1) is 24.6. The quantitative estimate of drug-likeness (QED) is 0.525. The molecule has 0 heterocycles. The molecule has 0 saturated heterocycles. The smallest absolute Gasteiger partial charge is 0.244 e. The van der Waals surface area contributed by atoms with Crippen molar-refractivity contribution < 1.29 is 30.0 Å². The normalized spacial score (nSPS) is 27.8. The molecule has 190 valence electrons. The van der Waals surface area contributed by atoms with E-state index in [1.54, 1.807) is 30.3 Å². The van der Waals surface area contributed by atoms with Gasteiger partial charge < -0.3 is 5.32 Å². The molecule has 4 fully saturated rings. The van der Waals surface area contributed by atoms with Gasteiger partial charge in [-0.05, 0) is 68.3 Å². The summed E-state index contributed by atoms with van der Waals surface area (Å²) < 4.78 is 96.4. The molecule has 6 nitrogen and oxygen atoms in total. The van der Waals surface area contributed by atoms with Crippen molar-refractivity contribution in [2.24, 2.45) is 22.9 Å². The van der Waals surface area contributed by atoms with Crippen molar-refractivity contribution in [1.29, 1.82) is 0 Å². The molecule has 11 heteroatoms. The Morgan fingerprint density at radius 2 is 1.34 bits per heavy atom. The van der Waals surface area contributed by atoms with E-state index in [0.717, 1.165) is 19.3 Å². The molecule has 4 aliphatic rings. The molecule has 0 aliphatic heterocycles. The molecule has 6 rings (SSSR count). The SMILES string of the molecule is NS(=O)(=O)c1c(F)c(F)c(S(=O)(=O)CCc2ccccc2)c(NC23CC4CC(CC(C4)C2)C3)c1F. The highest BCUT2D eigenvalue weighted by atomic mass is 32.2. The molecule has 0 amide bonds. The Morgan fingerprint density at radius 1 is 0.829 bits per heavy atom. The number of sulfone groups is 1. The van der Waals surface area contributed by atoms with Crippen LogP contribution in [-0.4, -0.2) is 28.1 Å². The minimum absolute atomic E-state index is 0.0143. The van der Waals surface area contributed by atoms with Crippen molar-refractivity contribution >= 4 is 25.5 Å². The number of nitrogens with one attached hydrogen (secondary N) is 1. The van der Waals surface area contributed by atoms with Gasteiger partial charge in [-0.3, -0.25) is 0 Å². The monoisotopic (exact) mass is 528 g/mol. The summed E-state index contributed by atoms with van der Waals surface area (Å²) in [4.78, 5) is -2.84. The maximum atomic E-state index is 15.7. The molecule has 4 aliphatic carbocycles. The first-order chi connectivity index (χ1) is 16.4. The zero-order valence-electron chi connectivity index (χ0n) is 18.9. The van der Waals surface area contributed by atoms with Gasteiger partial charge in [-0.2, -0.15) is 0 Å². The summed E-state index contributed by atoms with van der Waals surface area (Å²) >= 11 is 0. The topological polar surface area (TPSA) is 106 Å². The predicted octanol–water partition coefficient (Wildman–Crippen LogP) is 4.15. The summed E-state index contributed by atoms with van der Waals surface area (Å²) in [6.45, 7) is 0. The van der Waals surface area contributed by atoms with E-state index in [0.29, 0.717) is 42.6 Å². The van der Waals surface area contributed by atoms with Gasteiger partial charge in [0.1, 0.15) is 4.90 Å². The second-order valence-corrected chi connectivity index (χ2v) is 13.9. The zero-order valence-corrected chi connectivity index (χ0v) is 20.6. The van der Waals surface area contributed by atoms with Crippen LogP contribution in [0.15, 0.2) is 40.1 Å². The Labute approximate surface area is 203 Å².